The molecule has 94 valence electrons. The van der Waals surface area contributed by atoms with E-state index < -0.39 is 0 Å². The molecule has 0 spiro atoms. The number of hydrazine groups is 1. The third kappa shape index (κ3) is 2.80. The second-order valence-corrected chi connectivity index (χ2v) is 5.21. The first kappa shape index (κ1) is 12.8. The number of nitrogens with two attached hydrogens (primary N) is 1. The van der Waals surface area contributed by atoms with Crippen molar-refractivity contribution in [3.8, 4) is 0 Å². The van der Waals surface area contributed by atoms with E-state index >= 15 is 0 Å². The van der Waals surface area contributed by atoms with Crippen LogP contribution >= 0.6 is 11.6 Å². The Labute approximate surface area is 107 Å². The fourth-order valence-electron chi connectivity index (χ4n) is 2.49. The van der Waals surface area contributed by atoms with Gasteiger partial charge in [-0.1, -0.05) is 23.7 Å². The maximum absolute atomic E-state index is 6.02. The summed E-state index contributed by atoms with van der Waals surface area (Å²) in [5.41, 5.74) is 3.69. The molecule has 1 aliphatic heterocycles. The molecule has 4 heteroatoms. The maximum atomic E-state index is 6.02. The summed E-state index contributed by atoms with van der Waals surface area (Å²) in [6, 6.07) is 7.74. The van der Waals surface area contributed by atoms with Crippen molar-refractivity contribution >= 4 is 11.6 Å². The summed E-state index contributed by atoms with van der Waals surface area (Å²) in [5, 5.41) is 0.724. The van der Waals surface area contributed by atoms with Crippen molar-refractivity contribution in [2.75, 3.05) is 6.61 Å². The van der Waals surface area contributed by atoms with Gasteiger partial charge < -0.3 is 4.74 Å². The molecule has 0 aromatic heterocycles. The monoisotopic (exact) mass is 254 g/mol. The molecule has 17 heavy (non-hydrogen) atoms. The minimum atomic E-state index is -0.252. The Morgan fingerprint density at radius 3 is 2.88 bits per heavy atom. The lowest BCUT2D eigenvalue weighted by molar-refractivity contribution is -0.0898. The van der Waals surface area contributed by atoms with Crippen molar-refractivity contribution in [3.05, 3.63) is 34.9 Å². The number of hydrogen-bond donors (Lipinski definition) is 2. The lowest BCUT2D eigenvalue weighted by Crippen LogP contribution is -2.48. The van der Waals surface area contributed by atoms with Gasteiger partial charge in [0.25, 0.3) is 0 Å². The van der Waals surface area contributed by atoms with Crippen LogP contribution in [0.3, 0.4) is 0 Å². The second-order valence-electron chi connectivity index (χ2n) is 4.77. The van der Waals surface area contributed by atoms with E-state index in [0.717, 1.165) is 30.0 Å². The first-order valence-corrected chi connectivity index (χ1v) is 6.39. The van der Waals surface area contributed by atoms with E-state index in [4.69, 9.17) is 22.2 Å². The quantitative estimate of drug-likeness (QED) is 0.644. The Hall–Kier alpha value is -0.610. The van der Waals surface area contributed by atoms with Crippen LogP contribution in [-0.2, 0) is 4.74 Å². The van der Waals surface area contributed by atoms with Crippen LogP contribution in [0.4, 0.5) is 0 Å². The van der Waals surface area contributed by atoms with Gasteiger partial charge in [-0.2, -0.15) is 0 Å². The van der Waals surface area contributed by atoms with E-state index in [-0.39, 0.29) is 11.6 Å². The van der Waals surface area contributed by atoms with Crippen LogP contribution < -0.4 is 11.3 Å². The smallest absolute Gasteiger partial charge is 0.0861 e. The summed E-state index contributed by atoms with van der Waals surface area (Å²) >= 11 is 6.02. The Balaban J connectivity index is 2.26. The third-order valence-corrected chi connectivity index (χ3v) is 3.69. The minimum Gasteiger partial charge on any atom is -0.373 e. The fraction of sp³-hybridized carbons (Fsp3) is 0.538. The van der Waals surface area contributed by atoms with Crippen LogP contribution in [0, 0.1) is 0 Å². The van der Waals surface area contributed by atoms with Crippen molar-refractivity contribution in [3.63, 3.8) is 0 Å². The van der Waals surface area contributed by atoms with Crippen LogP contribution in [0.5, 0.6) is 0 Å². The topological polar surface area (TPSA) is 47.3 Å². The van der Waals surface area contributed by atoms with E-state index in [2.05, 4.69) is 12.3 Å². The zero-order valence-corrected chi connectivity index (χ0v) is 10.8. The third-order valence-electron chi connectivity index (χ3n) is 3.46. The van der Waals surface area contributed by atoms with Crippen molar-refractivity contribution in [2.45, 2.75) is 37.8 Å². The predicted octanol–water partition coefficient (Wildman–Crippen LogP) is 2.80. The lowest BCUT2D eigenvalue weighted by Gasteiger charge is -2.40. The molecule has 1 saturated heterocycles. The molecular formula is C13H19ClN2O. The van der Waals surface area contributed by atoms with Gasteiger partial charge in [-0.25, -0.2) is 0 Å². The number of ether oxygens (including phenoxy) is 1. The van der Waals surface area contributed by atoms with Crippen LogP contribution in [0.1, 0.15) is 37.8 Å². The highest BCUT2D eigenvalue weighted by atomic mass is 35.5. The van der Waals surface area contributed by atoms with Crippen LogP contribution in [0.15, 0.2) is 24.3 Å². The molecule has 3 N–H and O–H groups in total. The summed E-state index contributed by atoms with van der Waals surface area (Å²) in [6.07, 6.45) is 3.31. The second kappa shape index (κ2) is 5.36. The zero-order chi connectivity index (χ0) is 12.3. The molecule has 2 rings (SSSR count). The molecule has 1 aromatic rings. The van der Waals surface area contributed by atoms with Gasteiger partial charge in [0.15, 0.2) is 0 Å². The average Bonchev–Trinajstić information content (AvgIpc) is 2.30. The van der Waals surface area contributed by atoms with Gasteiger partial charge in [0.05, 0.1) is 11.6 Å². The number of hydrogen-bond acceptors (Lipinski definition) is 3. The van der Waals surface area contributed by atoms with Crippen molar-refractivity contribution in [1.29, 1.82) is 0 Å². The first-order valence-electron chi connectivity index (χ1n) is 6.01. The maximum Gasteiger partial charge on any atom is 0.0861 e. The van der Waals surface area contributed by atoms with E-state index in [1.54, 1.807) is 0 Å². The molecule has 1 fully saturated rings. The van der Waals surface area contributed by atoms with Crippen molar-refractivity contribution < 1.29 is 4.74 Å². The van der Waals surface area contributed by atoms with Gasteiger partial charge >= 0.3 is 0 Å². The van der Waals surface area contributed by atoms with Gasteiger partial charge in [-0.3, -0.25) is 11.3 Å². The molecule has 2 unspecified atom stereocenters. The molecule has 2 atom stereocenters. The Bertz CT molecular complexity index is 377. The molecule has 0 aliphatic carbocycles. The molecule has 1 heterocycles. The largest absolute Gasteiger partial charge is 0.373 e. The summed E-state index contributed by atoms with van der Waals surface area (Å²) < 4.78 is 5.93. The molecule has 0 saturated carbocycles. The van der Waals surface area contributed by atoms with Crippen LogP contribution in [-0.4, -0.2) is 12.2 Å². The molecule has 1 aromatic carbocycles. The number of nitrogens with one attached hydrogen (secondary N) is 1. The molecule has 0 radical (unpaired) electrons. The summed E-state index contributed by atoms with van der Waals surface area (Å²) in [4.78, 5) is 0. The number of halogens is 1. The Morgan fingerprint density at radius 1 is 1.47 bits per heavy atom. The number of rotatable bonds is 3. The van der Waals surface area contributed by atoms with Gasteiger partial charge in [-0.15, -0.1) is 0 Å². The van der Waals surface area contributed by atoms with Crippen LogP contribution in [0.25, 0.3) is 0 Å². The molecule has 1 aliphatic rings. The Morgan fingerprint density at radius 2 is 2.29 bits per heavy atom. The molecule has 3 nitrogen and oxygen atoms in total. The summed E-state index contributed by atoms with van der Waals surface area (Å²) in [7, 11) is 0. The van der Waals surface area contributed by atoms with E-state index in [1.165, 1.54) is 6.42 Å². The minimum absolute atomic E-state index is 0.0264. The van der Waals surface area contributed by atoms with E-state index in [9.17, 15) is 0 Å². The molecular weight excluding hydrogens is 236 g/mol. The number of benzene rings is 1. The van der Waals surface area contributed by atoms with Crippen LogP contribution in [0.2, 0.25) is 5.02 Å². The standard InChI is InChI=1S/C13H19ClN2O/c1-13(7-2-3-8-17-13)12(16-15)10-5-4-6-11(14)9-10/h4-6,9,12,16H,2-3,7-8,15H2,1H3. The highest BCUT2D eigenvalue weighted by Crippen LogP contribution is 2.36. The lowest BCUT2D eigenvalue weighted by atomic mass is 9.84. The molecule has 0 amide bonds. The van der Waals surface area contributed by atoms with E-state index in [1.807, 2.05) is 24.3 Å². The highest BCUT2D eigenvalue weighted by Gasteiger charge is 2.37. The normalized spacial score (nSPS) is 26.8. The predicted molar refractivity (Wildman–Crippen MR) is 69.7 cm³/mol. The van der Waals surface area contributed by atoms with E-state index in [0.29, 0.717) is 0 Å². The summed E-state index contributed by atoms with van der Waals surface area (Å²) in [5.74, 6) is 5.70. The SMILES string of the molecule is CC1(C(NN)c2cccc(Cl)c2)CCCCO1. The Kier molecular flexibility index (Phi) is 4.05. The van der Waals surface area contributed by atoms with Crippen molar-refractivity contribution in [2.24, 2.45) is 5.84 Å². The first-order chi connectivity index (χ1) is 8.15. The van der Waals surface area contributed by atoms with Gasteiger partial charge in [0, 0.05) is 11.6 Å². The molecule has 0 bridgehead atoms. The highest BCUT2D eigenvalue weighted by molar-refractivity contribution is 6.30. The van der Waals surface area contributed by atoms with Crippen molar-refractivity contribution in [1.82, 2.24) is 5.43 Å². The van der Waals surface area contributed by atoms with Gasteiger partial charge in [-0.05, 0) is 43.9 Å². The van der Waals surface area contributed by atoms with Gasteiger partial charge in [0.1, 0.15) is 0 Å². The fourth-order valence-corrected chi connectivity index (χ4v) is 2.69. The van der Waals surface area contributed by atoms with Gasteiger partial charge in [0.2, 0.25) is 0 Å². The summed E-state index contributed by atoms with van der Waals surface area (Å²) in [6.45, 7) is 2.91. The average molecular weight is 255 g/mol. The zero-order valence-electron chi connectivity index (χ0n) is 10.1.